The van der Waals surface area contributed by atoms with Crippen LogP contribution < -0.4 is 5.32 Å². The molecule has 148 valence electrons. The lowest BCUT2D eigenvalue weighted by molar-refractivity contribution is -0.127. The van der Waals surface area contributed by atoms with Gasteiger partial charge in [0.2, 0.25) is 5.91 Å². The number of aryl methyl sites for hydroxylation is 2. The summed E-state index contributed by atoms with van der Waals surface area (Å²) in [6.45, 7) is 6.66. The van der Waals surface area contributed by atoms with Gasteiger partial charge in [-0.3, -0.25) is 4.79 Å². The Morgan fingerprint density at radius 2 is 2.18 bits per heavy atom. The third kappa shape index (κ3) is 3.34. The topological polar surface area (TPSA) is 80.4 Å². The van der Waals surface area contributed by atoms with Crippen LogP contribution in [0, 0.1) is 6.92 Å². The molecule has 0 aromatic carbocycles. The van der Waals surface area contributed by atoms with E-state index in [0.717, 1.165) is 67.6 Å². The van der Waals surface area contributed by atoms with E-state index in [4.69, 9.17) is 10.1 Å². The summed E-state index contributed by atoms with van der Waals surface area (Å²) in [7, 11) is 1.96. The molecule has 1 saturated heterocycles. The van der Waals surface area contributed by atoms with Crippen molar-refractivity contribution >= 4 is 17.4 Å². The minimum Gasteiger partial charge on any atom is -0.370 e. The third-order valence-electron chi connectivity index (χ3n) is 5.38. The van der Waals surface area contributed by atoms with E-state index in [0.29, 0.717) is 6.42 Å². The highest BCUT2D eigenvalue weighted by Gasteiger charge is 2.20. The maximum Gasteiger partial charge on any atom is 0.222 e. The highest BCUT2D eigenvalue weighted by atomic mass is 16.2. The molecule has 0 saturated carbocycles. The predicted octanol–water partition coefficient (Wildman–Crippen LogP) is 2.43. The van der Waals surface area contributed by atoms with Crippen LogP contribution in [0.25, 0.3) is 17.2 Å². The van der Waals surface area contributed by atoms with Gasteiger partial charge in [0.1, 0.15) is 11.5 Å². The number of carbonyl (C=O) groups is 1. The van der Waals surface area contributed by atoms with Gasteiger partial charge in [-0.2, -0.15) is 9.61 Å². The quantitative estimate of drug-likeness (QED) is 0.636. The van der Waals surface area contributed by atoms with Gasteiger partial charge in [-0.25, -0.2) is 9.97 Å². The number of hydrogen-bond acceptors (Lipinski definition) is 5. The first kappa shape index (κ1) is 18.5. The number of anilines is 1. The van der Waals surface area contributed by atoms with E-state index >= 15 is 0 Å². The SMILES string of the molecule is CCc1c(C)nc2cc(-c3nccn3C)nn2c1NCCCN1CCCC1=O. The first-order valence-corrected chi connectivity index (χ1v) is 9.97. The van der Waals surface area contributed by atoms with Crippen LogP contribution in [-0.4, -0.2) is 54.6 Å². The summed E-state index contributed by atoms with van der Waals surface area (Å²) in [5.41, 5.74) is 3.79. The molecule has 8 heteroatoms. The van der Waals surface area contributed by atoms with Gasteiger partial charge in [0.15, 0.2) is 11.5 Å². The zero-order chi connectivity index (χ0) is 19.7. The number of nitrogens with one attached hydrogen (secondary N) is 1. The van der Waals surface area contributed by atoms with E-state index in [-0.39, 0.29) is 5.91 Å². The fourth-order valence-corrected chi connectivity index (χ4v) is 3.90. The Morgan fingerprint density at radius 3 is 2.86 bits per heavy atom. The van der Waals surface area contributed by atoms with E-state index in [9.17, 15) is 4.79 Å². The first-order valence-electron chi connectivity index (χ1n) is 9.97. The fraction of sp³-hybridized carbons (Fsp3) is 0.500. The van der Waals surface area contributed by atoms with E-state index < -0.39 is 0 Å². The average molecular weight is 381 g/mol. The van der Waals surface area contributed by atoms with Crippen LogP contribution in [0.5, 0.6) is 0 Å². The average Bonchev–Trinajstić information content (AvgIpc) is 3.38. The summed E-state index contributed by atoms with van der Waals surface area (Å²) in [4.78, 5) is 22.9. The lowest BCUT2D eigenvalue weighted by atomic mass is 10.1. The van der Waals surface area contributed by atoms with E-state index in [1.807, 2.05) is 40.2 Å². The molecule has 4 rings (SSSR count). The van der Waals surface area contributed by atoms with Gasteiger partial charge < -0.3 is 14.8 Å². The van der Waals surface area contributed by atoms with Gasteiger partial charge in [0.25, 0.3) is 0 Å². The predicted molar refractivity (Wildman–Crippen MR) is 108 cm³/mol. The van der Waals surface area contributed by atoms with Gasteiger partial charge in [-0.05, 0) is 26.2 Å². The summed E-state index contributed by atoms with van der Waals surface area (Å²) in [5, 5.41) is 8.33. The van der Waals surface area contributed by atoms with Crippen LogP contribution in [0.2, 0.25) is 0 Å². The molecule has 28 heavy (non-hydrogen) atoms. The number of amides is 1. The van der Waals surface area contributed by atoms with Gasteiger partial charge in [-0.15, -0.1) is 0 Å². The Balaban J connectivity index is 1.59. The summed E-state index contributed by atoms with van der Waals surface area (Å²) >= 11 is 0. The minimum absolute atomic E-state index is 0.281. The molecule has 3 aromatic rings. The molecule has 1 aliphatic heterocycles. The van der Waals surface area contributed by atoms with Gasteiger partial charge >= 0.3 is 0 Å². The molecule has 0 spiro atoms. The number of aromatic nitrogens is 5. The lowest BCUT2D eigenvalue weighted by Gasteiger charge is -2.17. The second kappa shape index (κ2) is 7.61. The molecule has 0 bridgehead atoms. The number of rotatable bonds is 7. The normalized spacial score (nSPS) is 14.4. The fourth-order valence-electron chi connectivity index (χ4n) is 3.90. The molecule has 1 amide bonds. The molecular weight excluding hydrogens is 354 g/mol. The molecule has 1 N–H and O–H groups in total. The Bertz CT molecular complexity index is 1000. The van der Waals surface area contributed by atoms with Crippen LogP contribution in [0.1, 0.15) is 37.4 Å². The number of fused-ring (bicyclic) bond motifs is 1. The van der Waals surface area contributed by atoms with Crippen LogP contribution in [0.4, 0.5) is 5.82 Å². The van der Waals surface area contributed by atoms with Crippen molar-refractivity contribution in [3.05, 3.63) is 29.7 Å². The highest BCUT2D eigenvalue weighted by molar-refractivity contribution is 5.78. The molecule has 8 nitrogen and oxygen atoms in total. The van der Waals surface area contributed by atoms with Crippen molar-refractivity contribution in [3.63, 3.8) is 0 Å². The second-order valence-corrected chi connectivity index (χ2v) is 7.30. The second-order valence-electron chi connectivity index (χ2n) is 7.30. The zero-order valence-corrected chi connectivity index (χ0v) is 16.8. The minimum atomic E-state index is 0.281. The summed E-state index contributed by atoms with van der Waals surface area (Å²) in [6.07, 6.45) is 7.15. The molecule has 0 radical (unpaired) electrons. The zero-order valence-electron chi connectivity index (χ0n) is 16.8. The highest BCUT2D eigenvalue weighted by Crippen LogP contribution is 2.24. The number of nitrogens with zero attached hydrogens (tertiary/aromatic N) is 6. The van der Waals surface area contributed by atoms with E-state index in [1.165, 1.54) is 5.56 Å². The van der Waals surface area contributed by atoms with Crippen LogP contribution in [0.3, 0.4) is 0 Å². The van der Waals surface area contributed by atoms with Crippen LogP contribution in [0.15, 0.2) is 18.5 Å². The Kier molecular flexibility index (Phi) is 5.02. The van der Waals surface area contributed by atoms with Crippen molar-refractivity contribution in [1.29, 1.82) is 0 Å². The number of carbonyl (C=O) groups excluding carboxylic acids is 1. The van der Waals surface area contributed by atoms with Crippen molar-refractivity contribution in [2.24, 2.45) is 7.05 Å². The molecule has 3 aromatic heterocycles. The Labute approximate surface area is 164 Å². The molecular formula is C20H27N7O. The Morgan fingerprint density at radius 1 is 1.32 bits per heavy atom. The molecule has 0 aliphatic carbocycles. The van der Waals surface area contributed by atoms with E-state index in [2.05, 4.69) is 17.2 Å². The number of hydrogen-bond donors (Lipinski definition) is 1. The summed E-state index contributed by atoms with van der Waals surface area (Å²) in [6, 6.07) is 1.98. The van der Waals surface area contributed by atoms with Crippen molar-refractivity contribution in [2.75, 3.05) is 25.0 Å². The largest absolute Gasteiger partial charge is 0.370 e. The molecule has 1 aliphatic rings. The Hall–Kier alpha value is -2.90. The molecule has 4 heterocycles. The van der Waals surface area contributed by atoms with Gasteiger partial charge in [0.05, 0.1) is 0 Å². The molecule has 1 fully saturated rings. The summed E-state index contributed by atoms with van der Waals surface area (Å²) in [5.74, 6) is 2.08. The van der Waals surface area contributed by atoms with Gasteiger partial charge in [-0.1, -0.05) is 6.92 Å². The van der Waals surface area contributed by atoms with Crippen LogP contribution >= 0.6 is 0 Å². The smallest absolute Gasteiger partial charge is 0.222 e. The first-order chi connectivity index (χ1) is 13.6. The molecule has 0 unspecified atom stereocenters. The standard InChI is InChI=1S/C20H27N7O/c1-4-15-14(2)23-17-13-16(20-22-9-12-25(20)3)24-27(17)19(15)21-8-6-11-26-10-5-7-18(26)28/h9,12-13,21H,4-8,10-11H2,1-3H3. The van der Waals surface area contributed by atoms with Crippen molar-refractivity contribution in [2.45, 2.75) is 39.5 Å². The summed E-state index contributed by atoms with van der Waals surface area (Å²) < 4.78 is 3.84. The van der Waals surface area contributed by atoms with Gasteiger partial charge in [0, 0.05) is 62.8 Å². The lowest BCUT2D eigenvalue weighted by Crippen LogP contribution is -2.27. The maximum atomic E-state index is 11.8. The molecule has 0 atom stereocenters. The van der Waals surface area contributed by atoms with Crippen molar-refractivity contribution in [3.8, 4) is 11.5 Å². The maximum absolute atomic E-state index is 11.8. The third-order valence-corrected chi connectivity index (χ3v) is 5.38. The van der Waals surface area contributed by atoms with Crippen molar-refractivity contribution in [1.82, 2.24) is 29.0 Å². The van der Waals surface area contributed by atoms with E-state index in [1.54, 1.807) is 6.20 Å². The number of likely N-dealkylation sites (tertiary alicyclic amines) is 1. The van der Waals surface area contributed by atoms with Crippen molar-refractivity contribution < 1.29 is 4.79 Å². The monoisotopic (exact) mass is 381 g/mol. The van der Waals surface area contributed by atoms with Crippen LogP contribution in [-0.2, 0) is 18.3 Å². The number of imidazole rings is 1.